The van der Waals surface area contributed by atoms with Crippen LogP contribution in [0.1, 0.15) is 37.1 Å². The van der Waals surface area contributed by atoms with Crippen LogP contribution in [0, 0.1) is 6.92 Å². The second-order valence-electron chi connectivity index (χ2n) is 4.82. The highest BCUT2D eigenvalue weighted by molar-refractivity contribution is 5.77. The largest absolute Gasteiger partial charge is 0.299 e. The number of ketones is 1. The zero-order valence-electron chi connectivity index (χ0n) is 10.5. The molecule has 4 nitrogen and oxygen atoms in total. The van der Waals surface area contributed by atoms with Gasteiger partial charge < -0.3 is 0 Å². The molecule has 2 rings (SSSR count). The molecule has 0 aliphatic carbocycles. The fourth-order valence-corrected chi connectivity index (χ4v) is 2.35. The Bertz CT molecular complexity index is 380. The average molecular weight is 233 g/mol. The maximum atomic E-state index is 11.0. The van der Waals surface area contributed by atoms with E-state index in [1.807, 2.05) is 19.3 Å². The molecule has 4 heteroatoms. The standard InChI is InChI=1S/C13H19N3O/c1-10(17)9-16-5-3-12(4-6-16)13-7-14-11(2)15-8-13/h7-8,12H,3-6,9H2,1-2H3. The number of aryl methyl sites for hydroxylation is 1. The van der Waals surface area contributed by atoms with Crippen molar-refractivity contribution in [2.75, 3.05) is 19.6 Å². The Kier molecular flexibility index (Phi) is 3.84. The van der Waals surface area contributed by atoms with Crippen molar-refractivity contribution in [2.24, 2.45) is 0 Å². The van der Waals surface area contributed by atoms with Crippen molar-refractivity contribution >= 4 is 5.78 Å². The molecule has 1 aliphatic heterocycles. The van der Waals surface area contributed by atoms with Gasteiger partial charge in [-0.25, -0.2) is 9.97 Å². The van der Waals surface area contributed by atoms with Gasteiger partial charge in [0.25, 0.3) is 0 Å². The summed E-state index contributed by atoms with van der Waals surface area (Å²) in [5.74, 6) is 1.63. The van der Waals surface area contributed by atoms with Gasteiger partial charge in [-0.2, -0.15) is 0 Å². The predicted octanol–water partition coefficient (Wildman–Crippen LogP) is 1.55. The lowest BCUT2D eigenvalue weighted by Gasteiger charge is -2.31. The first kappa shape index (κ1) is 12.2. The second kappa shape index (κ2) is 5.36. The topological polar surface area (TPSA) is 46.1 Å². The molecule has 92 valence electrons. The van der Waals surface area contributed by atoms with Crippen LogP contribution in [0.15, 0.2) is 12.4 Å². The van der Waals surface area contributed by atoms with Gasteiger partial charge in [0, 0.05) is 12.4 Å². The van der Waals surface area contributed by atoms with Crippen molar-refractivity contribution in [3.05, 3.63) is 23.8 Å². The SMILES string of the molecule is CC(=O)CN1CCC(c2cnc(C)nc2)CC1. The van der Waals surface area contributed by atoms with Gasteiger partial charge in [0.1, 0.15) is 11.6 Å². The van der Waals surface area contributed by atoms with E-state index in [0.29, 0.717) is 12.5 Å². The number of carbonyl (C=O) groups is 1. The minimum atomic E-state index is 0.252. The van der Waals surface area contributed by atoms with Crippen LogP contribution >= 0.6 is 0 Å². The van der Waals surface area contributed by atoms with E-state index in [4.69, 9.17) is 0 Å². The van der Waals surface area contributed by atoms with Crippen molar-refractivity contribution in [1.29, 1.82) is 0 Å². The molecule has 1 aliphatic rings. The van der Waals surface area contributed by atoms with E-state index >= 15 is 0 Å². The Labute approximate surface area is 102 Å². The van der Waals surface area contributed by atoms with Crippen LogP contribution in [0.5, 0.6) is 0 Å². The third-order valence-electron chi connectivity index (χ3n) is 3.31. The highest BCUT2D eigenvalue weighted by Crippen LogP contribution is 2.26. The number of Topliss-reactive ketones (excluding diaryl/α,β-unsaturated/α-hetero) is 1. The summed E-state index contributed by atoms with van der Waals surface area (Å²) in [5, 5.41) is 0. The Morgan fingerprint density at radius 2 is 1.94 bits per heavy atom. The number of hydrogen-bond donors (Lipinski definition) is 0. The van der Waals surface area contributed by atoms with E-state index in [-0.39, 0.29) is 5.78 Å². The van der Waals surface area contributed by atoms with Crippen molar-refractivity contribution in [3.63, 3.8) is 0 Å². The number of piperidine rings is 1. The Hall–Kier alpha value is -1.29. The van der Waals surface area contributed by atoms with Crippen molar-refractivity contribution in [3.8, 4) is 0 Å². The van der Waals surface area contributed by atoms with E-state index in [1.165, 1.54) is 5.56 Å². The molecule has 1 aromatic rings. The average Bonchev–Trinajstić information content (AvgIpc) is 2.30. The quantitative estimate of drug-likeness (QED) is 0.794. The van der Waals surface area contributed by atoms with Gasteiger partial charge in [-0.05, 0) is 51.3 Å². The molecule has 1 saturated heterocycles. The lowest BCUT2D eigenvalue weighted by Crippen LogP contribution is -2.36. The minimum Gasteiger partial charge on any atom is -0.299 e. The van der Waals surface area contributed by atoms with Crippen LogP contribution in [0.25, 0.3) is 0 Å². The molecule has 1 aromatic heterocycles. The van der Waals surface area contributed by atoms with Gasteiger partial charge in [0.2, 0.25) is 0 Å². The fourth-order valence-electron chi connectivity index (χ4n) is 2.35. The van der Waals surface area contributed by atoms with Gasteiger partial charge in [-0.3, -0.25) is 9.69 Å². The Morgan fingerprint density at radius 1 is 1.35 bits per heavy atom. The first-order valence-electron chi connectivity index (χ1n) is 6.15. The van der Waals surface area contributed by atoms with Gasteiger partial charge >= 0.3 is 0 Å². The molecule has 0 spiro atoms. The summed E-state index contributed by atoms with van der Waals surface area (Å²) in [7, 11) is 0. The third kappa shape index (κ3) is 3.33. The molecule has 0 atom stereocenters. The molecule has 0 radical (unpaired) electrons. The molecule has 1 fully saturated rings. The third-order valence-corrected chi connectivity index (χ3v) is 3.31. The highest BCUT2D eigenvalue weighted by atomic mass is 16.1. The molecule has 0 N–H and O–H groups in total. The molecular weight excluding hydrogens is 214 g/mol. The van der Waals surface area contributed by atoms with Crippen LogP contribution in [-0.2, 0) is 4.79 Å². The van der Waals surface area contributed by atoms with E-state index in [1.54, 1.807) is 6.92 Å². The lowest BCUT2D eigenvalue weighted by atomic mass is 9.91. The second-order valence-corrected chi connectivity index (χ2v) is 4.82. The number of carbonyl (C=O) groups excluding carboxylic acids is 1. The fraction of sp³-hybridized carbons (Fsp3) is 0.615. The first-order chi connectivity index (χ1) is 8.15. The van der Waals surface area contributed by atoms with Crippen LogP contribution in [0.4, 0.5) is 0 Å². The highest BCUT2D eigenvalue weighted by Gasteiger charge is 2.21. The van der Waals surface area contributed by atoms with Crippen LogP contribution in [0.3, 0.4) is 0 Å². The summed E-state index contributed by atoms with van der Waals surface area (Å²) in [6, 6.07) is 0. The summed E-state index contributed by atoms with van der Waals surface area (Å²) in [6.45, 7) is 6.15. The number of likely N-dealkylation sites (tertiary alicyclic amines) is 1. The van der Waals surface area contributed by atoms with E-state index in [0.717, 1.165) is 31.8 Å². The number of rotatable bonds is 3. The Balaban J connectivity index is 1.90. The van der Waals surface area contributed by atoms with Crippen molar-refractivity contribution in [2.45, 2.75) is 32.6 Å². The van der Waals surface area contributed by atoms with Crippen molar-refractivity contribution in [1.82, 2.24) is 14.9 Å². The molecule has 0 aromatic carbocycles. The maximum Gasteiger partial charge on any atom is 0.143 e. The summed E-state index contributed by atoms with van der Waals surface area (Å²) in [6.07, 6.45) is 6.07. The van der Waals surface area contributed by atoms with Gasteiger partial charge in [-0.15, -0.1) is 0 Å². The molecular formula is C13H19N3O. The van der Waals surface area contributed by atoms with Gasteiger partial charge in [0.15, 0.2) is 0 Å². The lowest BCUT2D eigenvalue weighted by molar-refractivity contribution is -0.118. The maximum absolute atomic E-state index is 11.0. The first-order valence-corrected chi connectivity index (χ1v) is 6.15. The van der Waals surface area contributed by atoms with E-state index in [9.17, 15) is 4.79 Å². The van der Waals surface area contributed by atoms with Gasteiger partial charge in [-0.1, -0.05) is 0 Å². The monoisotopic (exact) mass is 233 g/mol. The summed E-state index contributed by atoms with van der Waals surface area (Å²) in [4.78, 5) is 21.8. The number of hydrogen-bond acceptors (Lipinski definition) is 4. The normalized spacial score (nSPS) is 18.2. The zero-order chi connectivity index (χ0) is 12.3. The summed E-state index contributed by atoms with van der Waals surface area (Å²) >= 11 is 0. The summed E-state index contributed by atoms with van der Waals surface area (Å²) < 4.78 is 0. The van der Waals surface area contributed by atoms with Crippen LogP contribution in [-0.4, -0.2) is 40.3 Å². The predicted molar refractivity (Wildman–Crippen MR) is 65.9 cm³/mol. The zero-order valence-corrected chi connectivity index (χ0v) is 10.5. The van der Waals surface area contributed by atoms with E-state index in [2.05, 4.69) is 14.9 Å². The molecule has 2 heterocycles. The smallest absolute Gasteiger partial charge is 0.143 e. The molecule has 0 amide bonds. The summed E-state index contributed by atoms with van der Waals surface area (Å²) in [5.41, 5.74) is 1.23. The molecule has 0 unspecified atom stereocenters. The van der Waals surface area contributed by atoms with Crippen molar-refractivity contribution < 1.29 is 4.79 Å². The van der Waals surface area contributed by atoms with Crippen LogP contribution in [0.2, 0.25) is 0 Å². The minimum absolute atomic E-state index is 0.252. The number of nitrogens with zero attached hydrogens (tertiary/aromatic N) is 3. The molecule has 17 heavy (non-hydrogen) atoms. The van der Waals surface area contributed by atoms with Gasteiger partial charge in [0.05, 0.1) is 6.54 Å². The number of aromatic nitrogens is 2. The van der Waals surface area contributed by atoms with Crippen LogP contribution < -0.4 is 0 Å². The molecule has 0 bridgehead atoms. The Morgan fingerprint density at radius 3 is 2.47 bits per heavy atom. The van der Waals surface area contributed by atoms with E-state index < -0.39 is 0 Å². The molecule has 0 saturated carbocycles.